The summed E-state index contributed by atoms with van der Waals surface area (Å²) >= 11 is 0. The van der Waals surface area contributed by atoms with E-state index in [1.807, 2.05) is 64.1 Å². The van der Waals surface area contributed by atoms with Crippen LogP contribution in [-0.2, 0) is 33.1 Å². The van der Waals surface area contributed by atoms with Crippen LogP contribution in [0, 0.1) is 0 Å². The van der Waals surface area contributed by atoms with Gasteiger partial charge in [0.2, 0.25) is 15.9 Å². The van der Waals surface area contributed by atoms with Crippen molar-refractivity contribution in [3.8, 4) is 11.5 Å². The molecule has 3 aromatic carbocycles. The van der Waals surface area contributed by atoms with Gasteiger partial charge in [0.15, 0.2) is 0 Å². The third kappa shape index (κ3) is 10.1. The number of benzene rings is 3. The molecule has 41 heavy (non-hydrogen) atoms. The number of rotatable bonds is 13. The van der Waals surface area contributed by atoms with Gasteiger partial charge in [-0.3, -0.25) is 9.52 Å². The number of carbonyl (C=O) groups excluding carboxylic acids is 1. The first kappa shape index (κ1) is 31.9. The zero-order valence-corrected chi connectivity index (χ0v) is 25.0. The molecule has 0 heterocycles. The Hall–Kier alpha value is -3.60. The lowest BCUT2D eigenvalue weighted by Gasteiger charge is -2.28. The molecular weight excluding hydrogens is 542 g/mol. The second kappa shape index (κ2) is 12.9. The number of β-amino-alcohol motifs (C(OH)–C–C–N with tert-alkyl or cyclic N) is 1. The molecule has 222 valence electrons. The molecule has 0 radical (unpaired) electrons. The van der Waals surface area contributed by atoms with E-state index >= 15 is 0 Å². The Morgan fingerprint density at radius 3 is 2.24 bits per heavy atom. The smallest absolute Gasteiger partial charge is 0.229 e. The number of amides is 1. The average Bonchev–Trinajstić information content (AvgIpc) is 2.87. The monoisotopic (exact) mass is 583 g/mol. The number of aliphatic hydroxyl groups is 1. The van der Waals surface area contributed by atoms with E-state index < -0.39 is 21.7 Å². The van der Waals surface area contributed by atoms with E-state index in [0.29, 0.717) is 18.5 Å². The van der Waals surface area contributed by atoms with Crippen LogP contribution in [0.25, 0.3) is 0 Å². The highest BCUT2D eigenvalue weighted by atomic mass is 32.2. The Labute approximate surface area is 242 Å². The largest absolute Gasteiger partial charge is 0.508 e. The maximum atomic E-state index is 12.7. The minimum Gasteiger partial charge on any atom is -0.508 e. The Kier molecular flexibility index (Phi) is 10.1. The molecule has 1 atom stereocenters. The first-order valence-corrected chi connectivity index (χ1v) is 15.3. The van der Waals surface area contributed by atoms with Crippen LogP contribution in [-0.4, -0.2) is 54.5 Å². The lowest BCUT2D eigenvalue weighted by molar-refractivity contribution is -0.120. The molecular formula is C31H41N3O6S. The minimum absolute atomic E-state index is 0.00748. The highest BCUT2D eigenvalue weighted by Gasteiger charge is 2.23. The molecule has 0 bridgehead atoms. The van der Waals surface area contributed by atoms with Crippen LogP contribution in [0.3, 0.4) is 0 Å². The summed E-state index contributed by atoms with van der Waals surface area (Å²) in [5, 5.41) is 36.6. The van der Waals surface area contributed by atoms with Gasteiger partial charge in [0.1, 0.15) is 11.5 Å². The number of carbonyl (C=O) groups is 1. The maximum absolute atomic E-state index is 12.7. The van der Waals surface area contributed by atoms with Gasteiger partial charge in [0, 0.05) is 24.0 Å². The van der Waals surface area contributed by atoms with Crippen molar-refractivity contribution in [3.63, 3.8) is 0 Å². The number of phenols is 2. The molecule has 1 amide bonds. The van der Waals surface area contributed by atoms with Crippen LogP contribution in [0.1, 0.15) is 56.1 Å². The normalized spacial score (nSPS) is 13.0. The molecule has 0 saturated heterocycles. The molecule has 0 unspecified atom stereocenters. The van der Waals surface area contributed by atoms with Crippen LogP contribution in [0.2, 0.25) is 0 Å². The predicted molar refractivity (Wildman–Crippen MR) is 162 cm³/mol. The number of nitrogens with one attached hydrogen (secondary N) is 3. The molecule has 0 saturated carbocycles. The second-order valence-corrected chi connectivity index (χ2v) is 13.6. The molecule has 6 N–H and O–H groups in total. The summed E-state index contributed by atoms with van der Waals surface area (Å²) in [6.45, 7) is 8.77. The number of anilines is 1. The van der Waals surface area contributed by atoms with Gasteiger partial charge in [-0.05, 0) is 66.8 Å². The van der Waals surface area contributed by atoms with Crippen molar-refractivity contribution in [2.24, 2.45) is 0 Å². The quantitative estimate of drug-likeness (QED) is 0.168. The van der Waals surface area contributed by atoms with Crippen molar-refractivity contribution < 1.29 is 28.5 Å². The minimum atomic E-state index is -3.59. The molecule has 0 aromatic heterocycles. The first-order chi connectivity index (χ1) is 19.0. The molecule has 0 aliphatic carbocycles. The number of hydrogen-bond acceptors (Lipinski definition) is 7. The topological polar surface area (TPSA) is 148 Å². The third-order valence-electron chi connectivity index (χ3n) is 6.85. The van der Waals surface area contributed by atoms with E-state index in [2.05, 4.69) is 15.4 Å². The highest BCUT2D eigenvalue weighted by molar-refractivity contribution is 7.92. The van der Waals surface area contributed by atoms with Crippen LogP contribution >= 0.6 is 0 Å². The van der Waals surface area contributed by atoms with Gasteiger partial charge in [0.25, 0.3) is 0 Å². The third-order valence-corrected chi connectivity index (χ3v) is 7.44. The fourth-order valence-electron chi connectivity index (χ4n) is 4.54. The first-order valence-electron chi connectivity index (χ1n) is 13.4. The Balaban J connectivity index is 1.55. The zero-order chi connectivity index (χ0) is 30.4. The van der Waals surface area contributed by atoms with Crippen molar-refractivity contribution in [1.29, 1.82) is 0 Å². The van der Waals surface area contributed by atoms with Gasteiger partial charge in [-0.2, -0.15) is 0 Å². The van der Waals surface area contributed by atoms with Crippen molar-refractivity contribution in [3.05, 3.63) is 89.0 Å². The summed E-state index contributed by atoms with van der Waals surface area (Å²) in [7, 11) is -3.59. The fourth-order valence-corrected chi connectivity index (χ4v) is 5.10. The zero-order valence-electron chi connectivity index (χ0n) is 24.2. The van der Waals surface area contributed by atoms with E-state index in [1.54, 1.807) is 18.2 Å². The van der Waals surface area contributed by atoms with Gasteiger partial charge < -0.3 is 26.0 Å². The Bertz CT molecular complexity index is 1450. The van der Waals surface area contributed by atoms with E-state index in [1.165, 1.54) is 12.1 Å². The van der Waals surface area contributed by atoms with Gasteiger partial charge in [0.05, 0.1) is 24.5 Å². The Morgan fingerprint density at radius 1 is 0.927 bits per heavy atom. The average molecular weight is 584 g/mol. The summed E-state index contributed by atoms with van der Waals surface area (Å²) in [6.07, 6.45) is 0.938. The van der Waals surface area contributed by atoms with Gasteiger partial charge in [-0.15, -0.1) is 0 Å². The van der Waals surface area contributed by atoms with Crippen molar-refractivity contribution in [2.75, 3.05) is 24.1 Å². The van der Waals surface area contributed by atoms with E-state index in [4.69, 9.17) is 0 Å². The standard InChI is InChI=1S/C31H41N3O6S/c1-30(2,24-10-12-25(35)13-11-24)20-32-29(38)16-21-7-6-8-22(15-21)18-31(3,4)33-19-28(37)23-9-14-27(36)26(17-23)34-41(5,39)40/h6-15,17,28,33-37H,16,18-20H2,1-5H3,(H,32,38)/t28-/m1/s1. The van der Waals surface area contributed by atoms with Crippen molar-refractivity contribution in [2.45, 2.75) is 57.6 Å². The molecule has 3 aromatic rings. The molecule has 0 spiro atoms. The SMILES string of the molecule is CC(C)(Cc1cccc(CC(=O)NCC(C)(C)c2ccc(O)cc2)c1)NC[C@@H](O)c1ccc(O)c(NS(C)(=O)=O)c1. The van der Waals surface area contributed by atoms with E-state index in [9.17, 15) is 28.5 Å². The molecule has 3 rings (SSSR count). The number of aromatic hydroxyl groups is 2. The van der Waals surface area contributed by atoms with Gasteiger partial charge in [-0.25, -0.2) is 8.42 Å². The van der Waals surface area contributed by atoms with Crippen LogP contribution < -0.4 is 15.4 Å². The summed E-state index contributed by atoms with van der Waals surface area (Å²) < 4.78 is 25.4. The summed E-state index contributed by atoms with van der Waals surface area (Å²) in [5.74, 6) is -0.0964. The summed E-state index contributed by atoms with van der Waals surface area (Å²) in [4.78, 5) is 12.7. The van der Waals surface area contributed by atoms with E-state index in [0.717, 1.165) is 22.9 Å². The Morgan fingerprint density at radius 2 is 1.59 bits per heavy atom. The number of sulfonamides is 1. The number of hydrogen-bond donors (Lipinski definition) is 6. The van der Waals surface area contributed by atoms with Crippen LogP contribution in [0.15, 0.2) is 66.7 Å². The molecule has 0 aliphatic rings. The maximum Gasteiger partial charge on any atom is 0.229 e. The lowest BCUT2D eigenvalue weighted by Crippen LogP contribution is -2.43. The van der Waals surface area contributed by atoms with Crippen molar-refractivity contribution in [1.82, 2.24) is 10.6 Å². The van der Waals surface area contributed by atoms with E-state index in [-0.39, 0.29) is 41.5 Å². The molecule has 10 heteroatoms. The highest BCUT2D eigenvalue weighted by Crippen LogP contribution is 2.28. The lowest BCUT2D eigenvalue weighted by atomic mass is 9.84. The fraction of sp³-hybridized carbons (Fsp3) is 0.387. The van der Waals surface area contributed by atoms with Crippen molar-refractivity contribution >= 4 is 21.6 Å². The van der Waals surface area contributed by atoms with Crippen LogP contribution in [0.4, 0.5) is 5.69 Å². The number of phenolic OH excluding ortho intramolecular Hbond substituents is 2. The molecule has 0 fully saturated rings. The second-order valence-electron chi connectivity index (χ2n) is 11.8. The van der Waals surface area contributed by atoms with Crippen LogP contribution in [0.5, 0.6) is 11.5 Å². The predicted octanol–water partition coefficient (Wildman–Crippen LogP) is 3.75. The van der Waals surface area contributed by atoms with Gasteiger partial charge in [-0.1, -0.05) is 56.3 Å². The summed E-state index contributed by atoms with van der Waals surface area (Å²) in [5.41, 5.74) is 2.73. The molecule has 9 nitrogen and oxygen atoms in total. The summed E-state index contributed by atoms with van der Waals surface area (Å²) in [6, 6.07) is 19.2. The number of aliphatic hydroxyl groups excluding tert-OH is 1. The van der Waals surface area contributed by atoms with Gasteiger partial charge >= 0.3 is 0 Å². The molecule has 0 aliphatic heterocycles.